The molecule has 2 nitrogen and oxygen atoms in total. The SMILES string of the molecule is c1ccc(-c2ccc(-c3ccccc3N(c3ccc4cc(-c5ccc6c(c5)C5(c7ccccc7-6)c6ccccc6-n6c7ccccc7c7cccc5c76)ccc4c3)c3cccc4c3-c3ccccc3C43c4ccccc4-c4ccccc43)cc2)cc1. The Labute approximate surface area is 499 Å². The molecule has 1 aliphatic heterocycles. The van der Waals surface area contributed by atoms with Crippen LogP contribution in [0.15, 0.2) is 315 Å². The van der Waals surface area contributed by atoms with E-state index in [0.717, 1.165) is 28.2 Å². The fraction of sp³-hybridized carbons (Fsp3) is 0.0238. The monoisotopic (exact) mass is 1090 g/mol. The second-order valence-corrected chi connectivity index (χ2v) is 23.8. The molecular formula is C84H52N2. The highest BCUT2D eigenvalue weighted by Gasteiger charge is 2.53. The zero-order chi connectivity index (χ0) is 56.2. The van der Waals surface area contributed by atoms with Crippen molar-refractivity contribution in [2.45, 2.75) is 10.8 Å². The van der Waals surface area contributed by atoms with Crippen molar-refractivity contribution in [1.82, 2.24) is 4.57 Å². The zero-order valence-corrected chi connectivity index (χ0v) is 46.9. The van der Waals surface area contributed by atoms with Crippen molar-refractivity contribution in [3.05, 3.63) is 360 Å². The summed E-state index contributed by atoms with van der Waals surface area (Å²) in [6.07, 6.45) is 0. The van der Waals surface area contributed by atoms with Gasteiger partial charge in [0.15, 0.2) is 0 Å². The molecule has 2 spiro atoms. The Bertz CT molecular complexity index is 5330. The summed E-state index contributed by atoms with van der Waals surface area (Å²) in [4.78, 5) is 2.55. The van der Waals surface area contributed by atoms with Crippen molar-refractivity contribution in [1.29, 1.82) is 0 Å². The molecule has 0 bridgehead atoms. The minimum Gasteiger partial charge on any atom is -0.309 e. The van der Waals surface area contributed by atoms with E-state index < -0.39 is 10.8 Å². The van der Waals surface area contributed by atoms with E-state index in [2.05, 4.69) is 325 Å². The van der Waals surface area contributed by atoms with Crippen molar-refractivity contribution in [3.8, 4) is 72.4 Å². The van der Waals surface area contributed by atoms with Crippen LogP contribution in [0.2, 0.25) is 0 Å². The van der Waals surface area contributed by atoms with E-state index in [-0.39, 0.29) is 0 Å². The zero-order valence-electron chi connectivity index (χ0n) is 46.9. The molecule has 14 aromatic carbocycles. The van der Waals surface area contributed by atoms with Crippen LogP contribution in [0.3, 0.4) is 0 Å². The molecule has 0 fully saturated rings. The Morgan fingerprint density at radius 1 is 0.256 bits per heavy atom. The lowest BCUT2D eigenvalue weighted by atomic mass is 9.65. The molecule has 2 heteroatoms. The summed E-state index contributed by atoms with van der Waals surface area (Å²) in [5.74, 6) is 0. The van der Waals surface area contributed by atoms with Crippen LogP contribution in [0, 0.1) is 0 Å². The summed E-state index contributed by atoms with van der Waals surface area (Å²) in [6.45, 7) is 0. The van der Waals surface area contributed by atoms with E-state index >= 15 is 0 Å². The van der Waals surface area contributed by atoms with Gasteiger partial charge in [0.1, 0.15) is 0 Å². The smallest absolute Gasteiger partial charge is 0.0754 e. The van der Waals surface area contributed by atoms with Gasteiger partial charge in [-0.25, -0.2) is 0 Å². The lowest BCUT2D eigenvalue weighted by molar-refractivity contribution is 0.749. The average molecular weight is 1090 g/mol. The van der Waals surface area contributed by atoms with Gasteiger partial charge in [-0.05, 0) is 159 Å². The van der Waals surface area contributed by atoms with E-state index in [4.69, 9.17) is 0 Å². The first-order chi connectivity index (χ1) is 42.7. The Kier molecular flexibility index (Phi) is 9.78. The molecule has 4 aliphatic rings. The maximum Gasteiger partial charge on any atom is 0.0754 e. The Morgan fingerprint density at radius 2 is 0.733 bits per heavy atom. The Balaban J connectivity index is 0.795. The molecule has 1 aromatic heterocycles. The van der Waals surface area contributed by atoms with Gasteiger partial charge in [0.25, 0.3) is 0 Å². The van der Waals surface area contributed by atoms with E-state index in [0.29, 0.717) is 0 Å². The highest BCUT2D eigenvalue weighted by molar-refractivity contribution is 6.13. The maximum absolute atomic E-state index is 2.55. The maximum atomic E-state index is 2.55. The summed E-state index contributed by atoms with van der Waals surface area (Å²) in [5.41, 5.74) is 31.6. The van der Waals surface area contributed by atoms with E-state index in [9.17, 15) is 0 Å². The highest BCUT2D eigenvalue weighted by Crippen LogP contribution is 2.66. The van der Waals surface area contributed by atoms with Gasteiger partial charge in [-0.3, -0.25) is 0 Å². The number of nitrogens with zero attached hydrogens (tertiary/aromatic N) is 2. The predicted octanol–water partition coefficient (Wildman–Crippen LogP) is 21.4. The summed E-state index contributed by atoms with van der Waals surface area (Å²) in [7, 11) is 0. The molecule has 0 amide bonds. The first kappa shape index (κ1) is 47.4. The molecule has 0 saturated heterocycles. The molecule has 398 valence electrons. The second-order valence-electron chi connectivity index (χ2n) is 23.8. The first-order valence-corrected chi connectivity index (χ1v) is 30.1. The molecule has 86 heavy (non-hydrogen) atoms. The molecular weight excluding hydrogens is 1040 g/mol. The molecule has 3 aliphatic carbocycles. The van der Waals surface area contributed by atoms with Gasteiger partial charge in [-0.15, -0.1) is 0 Å². The van der Waals surface area contributed by atoms with Crippen molar-refractivity contribution in [2.24, 2.45) is 0 Å². The highest BCUT2D eigenvalue weighted by atomic mass is 15.1. The standard InChI is InChI=1S/C84H52N2/c1-2-20-53(21-3-1)54-40-42-55(43-41-54)61-22-8-15-36-77(61)85(80-39-19-34-74-81(80)68-27-7-13-32-72(68)83(74)69-29-10-4-23-62(69)63-24-5-11-30-70(63)83)60-48-46-57-50-56(44-45-58(57)51-60)59-47-49-65-64-25-6-12-31-71(64)84(76(65)52-59)73-33-14-17-38-79(73)86-78-37-16-9-26-66(78)67-28-18-35-75(84)82(67)86/h1-52H. The number of anilines is 3. The van der Waals surface area contributed by atoms with Gasteiger partial charge in [0.05, 0.1) is 38.9 Å². The van der Waals surface area contributed by atoms with Crippen molar-refractivity contribution < 1.29 is 0 Å². The van der Waals surface area contributed by atoms with Crippen LogP contribution in [0.25, 0.3) is 105 Å². The number of aromatic nitrogens is 1. The van der Waals surface area contributed by atoms with E-state index in [1.165, 1.54) is 138 Å². The van der Waals surface area contributed by atoms with Gasteiger partial charge in [-0.1, -0.05) is 267 Å². The minimum absolute atomic E-state index is 0.485. The van der Waals surface area contributed by atoms with Gasteiger partial charge >= 0.3 is 0 Å². The number of fused-ring (bicyclic) bond motifs is 23. The number of benzene rings is 14. The molecule has 0 N–H and O–H groups in total. The van der Waals surface area contributed by atoms with E-state index in [1.54, 1.807) is 0 Å². The Hall–Kier alpha value is -11.1. The summed E-state index contributed by atoms with van der Waals surface area (Å²) in [6, 6.07) is 119. The van der Waals surface area contributed by atoms with Gasteiger partial charge in [0.2, 0.25) is 0 Å². The van der Waals surface area contributed by atoms with Crippen LogP contribution in [0.5, 0.6) is 0 Å². The third-order valence-corrected chi connectivity index (χ3v) is 19.8. The number of hydrogen-bond acceptors (Lipinski definition) is 1. The molecule has 2 heterocycles. The van der Waals surface area contributed by atoms with Gasteiger partial charge < -0.3 is 9.47 Å². The first-order valence-electron chi connectivity index (χ1n) is 30.1. The largest absolute Gasteiger partial charge is 0.309 e. The van der Waals surface area contributed by atoms with Gasteiger partial charge in [0, 0.05) is 27.6 Å². The normalized spacial score (nSPS) is 14.9. The topological polar surface area (TPSA) is 8.17 Å². The quantitative estimate of drug-likeness (QED) is 0.161. The minimum atomic E-state index is -0.528. The summed E-state index contributed by atoms with van der Waals surface area (Å²) in [5, 5.41) is 4.94. The Morgan fingerprint density at radius 3 is 1.49 bits per heavy atom. The second kappa shape index (κ2) is 17.7. The lowest BCUT2D eigenvalue weighted by Crippen LogP contribution is -2.33. The number of rotatable bonds is 6. The van der Waals surface area contributed by atoms with Gasteiger partial charge in [-0.2, -0.15) is 0 Å². The molecule has 15 aromatic rings. The molecule has 1 unspecified atom stereocenters. The fourth-order valence-electron chi connectivity index (χ4n) is 16.4. The average Bonchev–Trinajstić information content (AvgIpc) is 1.52. The number of para-hydroxylation sites is 4. The van der Waals surface area contributed by atoms with E-state index in [1.807, 2.05) is 0 Å². The van der Waals surface area contributed by atoms with Crippen LogP contribution < -0.4 is 4.90 Å². The van der Waals surface area contributed by atoms with Crippen molar-refractivity contribution >= 4 is 49.6 Å². The van der Waals surface area contributed by atoms with Crippen LogP contribution >= 0.6 is 0 Å². The number of hydrogen-bond donors (Lipinski definition) is 0. The molecule has 0 radical (unpaired) electrons. The van der Waals surface area contributed by atoms with Crippen LogP contribution in [0.4, 0.5) is 17.1 Å². The molecule has 19 rings (SSSR count). The third kappa shape index (κ3) is 6.19. The lowest BCUT2D eigenvalue weighted by Gasteiger charge is -2.39. The fourth-order valence-corrected chi connectivity index (χ4v) is 16.4. The summed E-state index contributed by atoms with van der Waals surface area (Å²) < 4.78 is 2.53. The van der Waals surface area contributed by atoms with Crippen LogP contribution in [0.1, 0.15) is 44.5 Å². The predicted molar refractivity (Wildman–Crippen MR) is 356 cm³/mol. The third-order valence-electron chi connectivity index (χ3n) is 19.8. The summed E-state index contributed by atoms with van der Waals surface area (Å²) >= 11 is 0. The van der Waals surface area contributed by atoms with Crippen LogP contribution in [-0.4, -0.2) is 4.57 Å². The molecule has 1 atom stereocenters. The van der Waals surface area contributed by atoms with Crippen molar-refractivity contribution in [3.63, 3.8) is 0 Å². The van der Waals surface area contributed by atoms with Crippen LogP contribution in [-0.2, 0) is 10.8 Å². The molecule has 0 saturated carbocycles. The van der Waals surface area contributed by atoms with Crippen molar-refractivity contribution in [2.75, 3.05) is 4.90 Å².